The summed E-state index contributed by atoms with van der Waals surface area (Å²) < 4.78 is 0. The summed E-state index contributed by atoms with van der Waals surface area (Å²) in [6.45, 7) is 10.1. The maximum Gasteiger partial charge on any atom is 0.161 e. The number of hydrogen-bond donors (Lipinski definition) is 3. The first kappa shape index (κ1) is 21.8. The van der Waals surface area contributed by atoms with Crippen molar-refractivity contribution in [1.82, 2.24) is 35.5 Å². The van der Waals surface area contributed by atoms with Crippen LogP contribution >= 0.6 is 11.3 Å². The molecule has 0 radical (unpaired) electrons. The molecule has 0 saturated heterocycles. The van der Waals surface area contributed by atoms with Gasteiger partial charge in [-0.3, -0.25) is 10.1 Å². The largest absolute Gasteiger partial charge is 0.383 e. The smallest absolute Gasteiger partial charge is 0.161 e. The normalized spacial score (nSPS) is 12.7. The zero-order valence-electron chi connectivity index (χ0n) is 19.3. The molecule has 34 heavy (non-hydrogen) atoms. The molecule has 0 spiro atoms. The van der Waals surface area contributed by atoms with Crippen molar-refractivity contribution in [3.63, 3.8) is 0 Å². The van der Waals surface area contributed by atoms with Gasteiger partial charge in [0.2, 0.25) is 0 Å². The van der Waals surface area contributed by atoms with Gasteiger partial charge in [0.1, 0.15) is 16.7 Å². The zero-order chi connectivity index (χ0) is 23.7. The quantitative estimate of drug-likeness (QED) is 0.252. The third-order valence-electron chi connectivity index (χ3n) is 5.38. The van der Waals surface area contributed by atoms with Gasteiger partial charge in [-0.05, 0) is 68.1 Å². The summed E-state index contributed by atoms with van der Waals surface area (Å²) in [5.41, 5.74) is 7.65. The Morgan fingerprint density at radius 2 is 1.94 bits per heavy atom. The lowest BCUT2D eigenvalue weighted by atomic mass is 10.1. The number of allylic oxidation sites excluding steroid dienone is 4. The van der Waals surface area contributed by atoms with Crippen molar-refractivity contribution in [2.45, 2.75) is 26.8 Å². The van der Waals surface area contributed by atoms with Gasteiger partial charge in [0.15, 0.2) is 11.5 Å². The molecule has 0 bridgehead atoms. The number of pyridine rings is 2. The minimum absolute atomic E-state index is 0.305. The van der Waals surface area contributed by atoms with Crippen LogP contribution in [0.1, 0.15) is 26.5 Å². The Hall–Kier alpha value is -4.04. The Balaban J connectivity index is 1.59. The number of fused-ring (bicyclic) bond motifs is 2. The second kappa shape index (κ2) is 9.07. The highest BCUT2D eigenvalue weighted by molar-refractivity contribution is 7.13. The molecule has 0 aliphatic rings. The van der Waals surface area contributed by atoms with Crippen LogP contribution in [0.4, 0.5) is 0 Å². The number of imidazole rings is 1. The second-order valence-electron chi connectivity index (χ2n) is 8.13. The first-order chi connectivity index (χ1) is 16.6. The summed E-state index contributed by atoms with van der Waals surface area (Å²) in [5, 5.41) is 13.1. The highest BCUT2D eigenvalue weighted by Gasteiger charge is 2.17. The van der Waals surface area contributed by atoms with Gasteiger partial charge in [-0.1, -0.05) is 18.7 Å². The number of hydrogen-bond acceptors (Lipinski definition) is 6. The lowest BCUT2D eigenvalue weighted by Gasteiger charge is -2.12. The van der Waals surface area contributed by atoms with Gasteiger partial charge in [0, 0.05) is 17.9 Å². The van der Waals surface area contributed by atoms with Gasteiger partial charge >= 0.3 is 0 Å². The van der Waals surface area contributed by atoms with E-state index >= 15 is 0 Å². The minimum Gasteiger partial charge on any atom is -0.383 e. The van der Waals surface area contributed by atoms with Crippen LogP contribution in [0, 0.1) is 0 Å². The number of H-pyrrole nitrogens is 2. The Labute approximate surface area is 201 Å². The summed E-state index contributed by atoms with van der Waals surface area (Å²) >= 11 is 1.64. The highest BCUT2D eigenvalue weighted by atomic mass is 32.1. The van der Waals surface area contributed by atoms with Gasteiger partial charge in [0.05, 0.1) is 21.6 Å². The van der Waals surface area contributed by atoms with Crippen LogP contribution in [0.2, 0.25) is 0 Å². The van der Waals surface area contributed by atoms with Crippen LogP contribution in [0.5, 0.6) is 0 Å². The van der Waals surface area contributed by atoms with Gasteiger partial charge in [-0.15, -0.1) is 11.3 Å². The molecule has 5 heterocycles. The van der Waals surface area contributed by atoms with Crippen molar-refractivity contribution in [2.24, 2.45) is 0 Å². The van der Waals surface area contributed by atoms with Crippen LogP contribution in [-0.2, 0) is 0 Å². The number of rotatable bonds is 7. The molecule has 0 amide bonds. The molecular formula is C26H25N7S. The fourth-order valence-electron chi connectivity index (χ4n) is 3.83. The Kier molecular flexibility index (Phi) is 5.81. The predicted octanol–water partition coefficient (Wildman–Crippen LogP) is 6.10. The molecule has 8 heteroatoms. The van der Waals surface area contributed by atoms with E-state index in [1.807, 2.05) is 48.7 Å². The standard InChI is InChI=1S/C26H25N7S/c1-5-16(14-17(6-2)28-15(3)4)18-9-10-20-23(29-18)25(33-32-20)26-30-19-11-12-27-24(22(19)31-26)21-8-7-13-34-21/h5-15,28H,2H2,1,3-4H3,(H,30,31)(H,32,33)/b16-5+,17-14+. The monoisotopic (exact) mass is 467 g/mol. The molecule has 0 unspecified atom stereocenters. The molecule has 0 saturated carbocycles. The van der Waals surface area contributed by atoms with Gasteiger partial charge in [-0.25, -0.2) is 9.97 Å². The summed E-state index contributed by atoms with van der Waals surface area (Å²) in [4.78, 5) is 18.9. The Morgan fingerprint density at radius 1 is 1.09 bits per heavy atom. The topological polar surface area (TPSA) is 95.2 Å². The van der Waals surface area contributed by atoms with E-state index in [9.17, 15) is 0 Å². The van der Waals surface area contributed by atoms with E-state index in [2.05, 4.69) is 58.1 Å². The summed E-state index contributed by atoms with van der Waals surface area (Å²) in [5.74, 6) is 0.655. The number of thiophene rings is 1. The number of aromatic amines is 2. The van der Waals surface area contributed by atoms with Crippen LogP contribution in [0.25, 0.3) is 49.7 Å². The van der Waals surface area contributed by atoms with Gasteiger partial charge < -0.3 is 10.3 Å². The molecule has 5 rings (SSSR count). The third kappa shape index (κ3) is 4.04. The zero-order valence-corrected chi connectivity index (χ0v) is 20.1. The average molecular weight is 468 g/mol. The minimum atomic E-state index is 0.305. The summed E-state index contributed by atoms with van der Waals surface area (Å²) in [7, 11) is 0. The van der Waals surface area contributed by atoms with Crippen molar-refractivity contribution >= 4 is 39.0 Å². The van der Waals surface area contributed by atoms with Gasteiger partial charge in [-0.2, -0.15) is 5.10 Å². The van der Waals surface area contributed by atoms with E-state index in [4.69, 9.17) is 9.97 Å². The molecule has 3 N–H and O–H groups in total. The van der Waals surface area contributed by atoms with E-state index in [0.29, 0.717) is 17.6 Å². The van der Waals surface area contributed by atoms with E-state index in [1.54, 1.807) is 17.5 Å². The number of nitrogens with zero attached hydrogens (tertiary/aromatic N) is 4. The molecule has 7 nitrogen and oxygen atoms in total. The van der Waals surface area contributed by atoms with Crippen molar-refractivity contribution in [3.05, 3.63) is 78.1 Å². The molecule has 170 valence electrons. The molecule has 5 aromatic rings. The molecular weight excluding hydrogens is 442 g/mol. The SMILES string of the molecule is C=C/C(=C\C(=C/C)c1ccc2[nH]nc(-c3nc4c(-c5cccs5)nccc4[nH]3)c2n1)NC(C)C. The van der Waals surface area contributed by atoms with E-state index in [0.717, 1.165) is 49.6 Å². The molecule has 0 atom stereocenters. The van der Waals surface area contributed by atoms with Crippen LogP contribution in [0.15, 0.2) is 72.4 Å². The molecule has 0 aromatic carbocycles. The van der Waals surface area contributed by atoms with Crippen LogP contribution in [0.3, 0.4) is 0 Å². The van der Waals surface area contributed by atoms with Crippen molar-refractivity contribution in [1.29, 1.82) is 0 Å². The van der Waals surface area contributed by atoms with Crippen LogP contribution in [-0.4, -0.2) is 36.2 Å². The van der Waals surface area contributed by atoms with Crippen molar-refractivity contribution < 1.29 is 0 Å². The highest BCUT2D eigenvalue weighted by Crippen LogP contribution is 2.32. The van der Waals surface area contributed by atoms with Crippen LogP contribution < -0.4 is 5.32 Å². The molecule has 0 aliphatic carbocycles. The fraction of sp³-hybridized carbons (Fsp3) is 0.154. The molecule has 0 fully saturated rings. The maximum absolute atomic E-state index is 4.95. The van der Waals surface area contributed by atoms with E-state index in [-0.39, 0.29) is 0 Å². The van der Waals surface area contributed by atoms with E-state index in [1.165, 1.54) is 0 Å². The number of aromatic nitrogens is 6. The summed E-state index contributed by atoms with van der Waals surface area (Å²) in [6, 6.07) is 10.3. The Bertz CT molecular complexity index is 1530. The summed E-state index contributed by atoms with van der Waals surface area (Å²) in [6.07, 6.45) is 7.71. The fourth-order valence-corrected chi connectivity index (χ4v) is 4.55. The van der Waals surface area contributed by atoms with Gasteiger partial charge in [0.25, 0.3) is 0 Å². The first-order valence-electron chi connectivity index (χ1n) is 11.1. The van der Waals surface area contributed by atoms with E-state index < -0.39 is 0 Å². The molecule has 0 aliphatic heterocycles. The Morgan fingerprint density at radius 3 is 2.68 bits per heavy atom. The lowest BCUT2D eigenvalue weighted by Crippen LogP contribution is -2.20. The number of nitrogens with one attached hydrogen (secondary N) is 3. The van der Waals surface area contributed by atoms with Crippen molar-refractivity contribution in [2.75, 3.05) is 0 Å². The maximum atomic E-state index is 4.95. The van der Waals surface area contributed by atoms with Crippen molar-refractivity contribution in [3.8, 4) is 22.1 Å². The first-order valence-corrected chi connectivity index (χ1v) is 12.0. The lowest BCUT2D eigenvalue weighted by molar-refractivity contribution is 0.682. The average Bonchev–Trinajstić information content (AvgIpc) is 3.59. The second-order valence-corrected chi connectivity index (χ2v) is 9.08. The molecule has 5 aromatic heterocycles. The predicted molar refractivity (Wildman–Crippen MR) is 140 cm³/mol. The third-order valence-corrected chi connectivity index (χ3v) is 6.26.